The normalized spacial score (nSPS) is 14.8. The van der Waals surface area contributed by atoms with Gasteiger partial charge in [0.25, 0.3) is 5.91 Å². The summed E-state index contributed by atoms with van der Waals surface area (Å²) in [5.74, 6) is 0.0357. The third-order valence-corrected chi connectivity index (χ3v) is 5.95. The summed E-state index contributed by atoms with van der Waals surface area (Å²) < 4.78 is 0. The van der Waals surface area contributed by atoms with Gasteiger partial charge in [0.1, 0.15) is 0 Å². The molecule has 4 rings (SSSR count). The van der Waals surface area contributed by atoms with Gasteiger partial charge >= 0.3 is 0 Å². The fraction of sp³-hybridized carbons (Fsp3) is 0.280. The second kappa shape index (κ2) is 8.08. The van der Waals surface area contributed by atoms with Crippen LogP contribution >= 0.6 is 0 Å². The summed E-state index contributed by atoms with van der Waals surface area (Å²) in [7, 11) is 0. The highest BCUT2D eigenvalue weighted by atomic mass is 16.2. The molecular weight excluding hydrogens is 360 g/mol. The molecule has 1 aliphatic heterocycles. The van der Waals surface area contributed by atoms with E-state index in [1.54, 1.807) is 0 Å². The Kier molecular flexibility index (Phi) is 5.34. The van der Waals surface area contributed by atoms with Crippen molar-refractivity contribution in [3.63, 3.8) is 0 Å². The van der Waals surface area contributed by atoms with Gasteiger partial charge in [0.05, 0.1) is 0 Å². The summed E-state index contributed by atoms with van der Waals surface area (Å²) in [6.07, 6.45) is 1.38. The van der Waals surface area contributed by atoms with E-state index in [4.69, 9.17) is 0 Å². The van der Waals surface area contributed by atoms with Crippen LogP contribution in [0.1, 0.15) is 34.3 Å². The van der Waals surface area contributed by atoms with Crippen LogP contribution in [0, 0.1) is 19.8 Å². The maximum Gasteiger partial charge on any atom is 0.254 e. The lowest BCUT2D eigenvalue weighted by Gasteiger charge is -2.31. The minimum Gasteiger partial charge on any atom is -0.339 e. The molecular formula is C25H26N2O2. The van der Waals surface area contributed by atoms with Gasteiger partial charge in [-0.3, -0.25) is 9.59 Å². The summed E-state index contributed by atoms with van der Waals surface area (Å²) in [4.78, 5) is 27.6. The fourth-order valence-corrected chi connectivity index (χ4v) is 3.99. The van der Waals surface area contributed by atoms with E-state index in [1.165, 1.54) is 11.1 Å². The molecule has 4 heteroatoms. The molecule has 1 fully saturated rings. The van der Waals surface area contributed by atoms with Crippen molar-refractivity contribution in [2.75, 3.05) is 18.4 Å². The Hall–Kier alpha value is -3.14. The maximum atomic E-state index is 13.1. The topological polar surface area (TPSA) is 49.4 Å². The number of anilines is 1. The van der Waals surface area contributed by atoms with Crippen LogP contribution in [-0.2, 0) is 4.79 Å². The number of carbonyl (C=O) groups is 2. The monoisotopic (exact) mass is 386 g/mol. The zero-order chi connectivity index (χ0) is 20.4. The van der Waals surface area contributed by atoms with E-state index in [1.807, 2.05) is 72.5 Å². The summed E-state index contributed by atoms with van der Waals surface area (Å²) in [5.41, 5.74) is 3.95. The highest BCUT2D eigenvalue weighted by Gasteiger charge is 2.28. The smallest absolute Gasteiger partial charge is 0.254 e. The molecule has 1 heterocycles. The Bertz CT molecular complexity index is 1060. The molecule has 3 aromatic rings. The van der Waals surface area contributed by atoms with Gasteiger partial charge in [-0.25, -0.2) is 0 Å². The third-order valence-electron chi connectivity index (χ3n) is 5.95. The summed E-state index contributed by atoms with van der Waals surface area (Å²) in [6.45, 7) is 5.31. The molecule has 1 aliphatic rings. The molecule has 0 atom stereocenters. The number of aryl methyl sites for hydroxylation is 2. The van der Waals surface area contributed by atoms with Gasteiger partial charge in [0.15, 0.2) is 0 Å². The van der Waals surface area contributed by atoms with Crippen molar-refractivity contribution in [1.82, 2.24) is 4.90 Å². The Labute approximate surface area is 171 Å². The fourth-order valence-electron chi connectivity index (χ4n) is 3.99. The van der Waals surface area contributed by atoms with Crippen molar-refractivity contribution in [1.29, 1.82) is 0 Å². The molecule has 29 heavy (non-hydrogen) atoms. The second-order valence-corrected chi connectivity index (χ2v) is 7.88. The van der Waals surface area contributed by atoms with Crippen molar-refractivity contribution in [3.05, 3.63) is 77.4 Å². The molecule has 0 radical (unpaired) electrons. The number of nitrogens with zero attached hydrogens (tertiary/aromatic N) is 1. The summed E-state index contributed by atoms with van der Waals surface area (Å²) in [6, 6.07) is 19.8. The van der Waals surface area contributed by atoms with Gasteiger partial charge in [-0.15, -0.1) is 0 Å². The van der Waals surface area contributed by atoms with Crippen LogP contribution in [-0.4, -0.2) is 29.8 Å². The first-order valence-electron chi connectivity index (χ1n) is 10.2. The van der Waals surface area contributed by atoms with Crippen molar-refractivity contribution in [2.24, 2.45) is 5.92 Å². The lowest BCUT2D eigenvalue weighted by atomic mass is 9.94. The van der Waals surface area contributed by atoms with Crippen LogP contribution in [0.25, 0.3) is 10.8 Å². The highest BCUT2D eigenvalue weighted by Crippen LogP contribution is 2.25. The molecule has 0 unspecified atom stereocenters. The number of piperidine rings is 1. The van der Waals surface area contributed by atoms with Crippen LogP contribution in [0.2, 0.25) is 0 Å². The largest absolute Gasteiger partial charge is 0.339 e. The van der Waals surface area contributed by atoms with E-state index < -0.39 is 0 Å². The van der Waals surface area contributed by atoms with E-state index in [0.29, 0.717) is 25.9 Å². The Morgan fingerprint density at radius 3 is 2.38 bits per heavy atom. The number of hydrogen-bond donors (Lipinski definition) is 1. The number of nitrogens with one attached hydrogen (secondary N) is 1. The summed E-state index contributed by atoms with van der Waals surface area (Å²) in [5, 5.41) is 5.09. The Morgan fingerprint density at radius 1 is 0.897 bits per heavy atom. The number of hydrogen-bond acceptors (Lipinski definition) is 2. The van der Waals surface area contributed by atoms with Crippen LogP contribution < -0.4 is 5.32 Å². The van der Waals surface area contributed by atoms with Gasteiger partial charge in [-0.05, 0) is 66.8 Å². The minimum atomic E-state index is -0.0619. The molecule has 1 saturated heterocycles. The molecule has 2 amide bonds. The van der Waals surface area contributed by atoms with Gasteiger partial charge in [-0.2, -0.15) is 0 Å². The number of rotatable bonds is 3. The first-order chi connectivity index (χ1) is 14.0. The Morgan fingerprint density at radius 2 is 1.62 bits per heavy atom. The maximum absolute atomic E-state index is 13.1. The van der Waals surface area contributed by atoms with E-state index in [-0.39, 0.29) is 17.7 Å². The zero-order valence-electron chi connectivity index (χ0n) is 16.9. The second-order valence-electron chi connectivity index (χ2n) is 7.88. The van der Waals surface area contributed by atoms with Gasteiger partial charge < -0.3 is 10.2 Å². The van der Waals surface area contributed by atoms with Crippen LogP contribution in [0.15, 0.2) is 60.7 Å². The third kappa shape index (κ3) is 4.02. The molecule has 1 N–H and O–H groups in total. The molecule has 148 valence electrons. The molecule has 4 nitrogen and oxygen atoms in total. The number of likely N-dealkylation sites (tertiary alicyclic amines) is 1. The van der Waals surface area contributed by atoms with Crippen molar-refractivity contribution < 1.29 is 9.59 Å². The van der Waals surface area contributed by atoms with Crippen LogP contribution in [0.4, 0.5) is 5.69 Å². The van der Waals surface area contributed by atoms with Crippen LogP contribution in [0.3, 0.4) is 0 Å². The minimum absolute atomic E-state index is 0.0468. The standard InChI is InChI=1S/C25H26N2O2/c1-17-10-11-21(16-18(17)2)26-24(28)20-12-14-27(15-13-20)25(29)23-9-5-7-19-6-3-4-8-22(19)23/h3-11,16,20H,12-15H2,1-2H3,(H,26,28). The number of amides is 2. The van der Waals surface area contributed by atoms with Crippen LogP contribution in [0.5, 0.6) is 0 Å². The van der Waals surface area contributed by atoms with E-state index in [9.17, 15) is 9.59 Å². The number of benzene rings is 3. The zero-order valence-corrected chi connectivity index (χ0v) is 16.9. The molecule has 0 bridgehead atoms. The average Bonchev–Trinajstić information content (AvgIpc) is 2.75. The number of carbonyl (C=O) groups excluding carboxylic acids is 2. The molecule has 0 spiro atoms. The first kappa shape index (κ1) is 19.2. The quantitative estimate of drug-likeness (QED) is 0.693. The summed E-state index contributed by atoms with van der Waals surface area (Å²) >= 11 is 0. The highest BCUT2D eigenvalue weighted by molar-refractivity contribution is 6.07. The van der Waals surface area contributed by atoms with Crippen molar-refractivity contribution in [2.45, 2.75) is 26.7 Å². The lowest BCUT2D eigenvalue weighted by molar-refractivity contribution is -0.121. The predicted molar refractivity (Wildman–Crippen MR) is 117 cm³/mol. The van der Waals surface area contributed by atoms with Gasteiger partial charge in [-0.1, -0.05) is 42.5 Å². The molecule has 0 saturated carbocycles. The van der Waals surface area contributed by atoms with E-state index >= 15 is 0 Å². The van der Waals surface area contributed by atoms with E-state index in [2.05, 4.69) is 12.2 Å². The van der Waals surface area contributed by atoms with Gasteiger partial charge in [0, 0.05) is 30.3 Å². The molecule has 0 aliphatic carbocycles. The van der Waals surface area contributed by atoms with Gasteiger partial charge in [0.2, 0.25) is 5.91 Å². The van der Waals surface area contributed by atoms with Crippen molar-refractivity contribution in [3.8, 4) is 0 Å². The number of fused-ring (bicyclic) bond motifs is 1. The SMILES string of the molecule is Cc1ccc(NC(=O)C2CCN(C(=O)c3cccc4ccccc34)CC2)cc1C. The van der Waals surface area contributed by atoms with Crippen molar-refractivity contribution >= 4 is 28.3 Å². The first-order valence-corrected chi connectivity index (χ1v) is 10.2. The predicted octanol–water partition coefficient (Wildman–Crippen LogP) is 4.95. The lowest BCUT2D eigenvalue weighted by Crippen LogP contribution is -2.41. The average molecular weight is 386 g/mol. The molecule has 0 aromatic heterocycles. The van der Waals surface area contributed by atoms with E-state index in [0.717, 1.165) is 22.0 Å². The molecule has 3 aromatic carbocycles. The Balaban J connectivity index is 1.40.